The Balaban J connectivity index is 1.75. The lowest BCUT2D eigenvalue weighted by Gasteiger charge is -2.46. The van der Waals surface area contributed by atoms with Crippen LogP contribution >= 0.6 is 0 Å². The van der Waals surface area contributed by atoms with E-state index in [1.165, 1.54) is 10.4 Å². The van der Waals surface area contributed by atoms with Crippen molar-refractivity contribution in [3.8, 4) is 0 Å². The van der Waals surface area contributed by atoms with Crippen LogP contribution in [0.5, 0.6) is 0 Å². The highest BCUT2D eigenvalue weighted by molar-refractivity contribution is 6.99. The van der Waals surface area contributed by atoms with Crippen molar-refractivity contribution in [2.45, 2.75) is 63.2 Å². The first-order chi connectivity index (χ1) is 12.5. The molecule has 1 aliphatic heterocycles. The first-order valence-corrected chi connectivity index (χ1v) is 11.8. The van der Waals surface area contributed by atoms with E-state index < -0.39 is 8.32 Å². The molecule has 1 spiro atoms. The minimum Gasteiger partial charge on any atom is -0.404 e. The molecular formula is C23H30O2Si. The van der Waals surface area contributed by atoms with E-state index >= 15 is 0 Å². The van der Waals surface area contributed by atoms with Crippen LogP contribution in [0.3, 0.4) is 0 Å². The molecule has 2 aromatic carbocycles. The summed E-state index contributed by atoms with van der Waals surface area (Å²) in [4.78, 5) is 0. The van der Waals surface area contributed by atoms with Crippen molar-refractivity contribution in [3.05, 3.63) is 60.7 Å². The van der Waals surface area contributed by atoms with Gasteiger partial charge in [-0.15, -0.1) is 0 Å². The zero-order chi connectivity index (χ0) is 18.3. The molecule has 2 aromatic rings. The van der Waals surface area contributed by atoms with Crippen LogP contribution in [0.1, 0.15) is 46.5 Å². The van der Waals surface area contributed by atoms with Crippen molar-refractivity contribution in [2.75, 3.05) is 6.61 Å². The van der Waals surface area contributed by atoms with Crippen LogP contribution in [-0.4, -0.2) is 26.6 Å². The lowest BCUT2D eigenvalue weighted by Crippen LogP contribution is -2.67. The second kappa shape index (κ2) is 6.63. The predicted molar refractivity (Wildman–Crippen MR) is 110 cm³/mol. The van der Waals surface area contributed by atoms with Crippen molar-refractivity contribution in [2.24, 2.45) is 0 Å². The van der Waals surface area contributed by atoms with Gasteiger partial charge < -0.3 is 9.16 Å². The molecule has 1 heterocycles. The molecule has 0 bridgehead atoms. The van der Waals surface area contributed by atoms with Crippen LogP contribution in [0, 0.1) is 0 Å². The number of benzene rings is 2. The molecule has 3 heteroatoms. The van der Waals surface area contributed by atoms with Gasteiger partial charge in [0.05, 0.1) is 12.2 Å². The predicted octanol–water partition coefficient (Wildman–Crippen LogP) is 4.27. The third-order valence-corrected chi connectivity index (χ3v) is 11.2. The van der Waals surface area contributed by atoms with Gasteiger partial charge in [0.25, 0.3) is 8.32 Å². The Morgan fingerprint density at radius 3 is 1.73 bits per heavy atom. The quantitative estimate of drug-likeness (QED) is 0.595. The van der Waals surface area contributed by atoms with Gasteiger partial charge in [-0.2, -0.15) is 0 Å². The summed E-state index contributed by atoms with van der Waals surface area (Å²) in [5, 5.41) is 2.81. The Labute approximate surface area is 158 Å². The Kier molecular flexibility index (Phi) is 4.58. The molecule has 0 atom stereocenters. The number of epoxide rings is 1. The van der Waals surface area contributed by atoms with Gasteiger partial charge >= 0.3 is 0 Å². The topological polar surface area (TPSA) is 21.8 Å². The minimum atomic E-state index is -2.40. The average molecular weight is 367 g/mol. The molecule has 0 unspecified atom stereocenters. The fourth-order valence-corrected chi connectivity index (χ4v) is 9.32. The molecule has 4 rings (SSSR count). The van der Waals surface area contributed by atoms with Crippen molar-refractivity contribution in [3.63, 3.8) is 0 Å². The largest absolute Gasteiger partial charge is 0.404 e. The van der Waals surface area contributed by atoms with E-state index in [0.717, 1.165) is 32.3 Å². The van der Waals surface area contributed by atoms with Crippen LogP contribution in [0.4, 0.5) is 0 Å². The molecule has 1 saturated carbocycles. The maximum Gasteiger partial charge on any atom is 0.261 e. The van der Waals surface area contributed by atoms with Crippen molar-refractivity contribution in [1.29, 1.82) is 0 Å². The third kappa shape index (κ3) is 3.17. The van der Waals surface area contributed by atoms with Crippen LogP contribution in [-0.2, 0) is 9.16 Å². The van der Waals surface area contributed by atoms with Crippen molar-refractivity contribution in [1.82, 2.24) is 0 Å². The van der Waals surface area contributed by atoms with E-state index in [2.05, 4.69) is 81.4 Å². The second-order valence-electron chi connectivity index (χ2n) is 8.95. The van der Waals surface area contributed by atoms with Crippen molar-refractivity contribution < 1.29 is 9.16 Å². The molecule has 1 saturated heterocycles. The molecule has 0 aromatic heterocycles. The van der Waals surface area contributed by atoms with E-state index in [1.54, 1.807) is 0 Å². The first-order valence-electron chi connectivity index (χ1n) is 9.88. The van der Waals surface area contributed by atoms with E-state index in [-0.39, 0.29) is 10.6 Å². The molecule has 1 aliphatic carbocycles. The number of hydrogen-bond acceptors (Lipinski definition) is 2. The summed E-state index contributed by atoms with van der Waals surface area (Å²) in [6.07, 6.45) is 4.86. The van der Waals surface area contributed by atoms with Crippen LogP contribution in [0.25, 0.3) is 0 Å². The first kappa shape index (κ1) is 18.0. The number of rotatable bonds is 4. The summed E-state index contributed by atoms with van der Waals surface area (Å²) >= 11 is 0. The van der Waals surface area contributed by atoms with E-state index in [4.69, 9.17) is 9.16 Å². The van der Waals surface area contributed by atoms with Gasteiger partial charge in [0.1, 0.15) is 0 Å². The standard InChI is InChI=1S/C23H30O2Si/c1-22(2,3)26(20-10-6-4-7-11-20,21-12-8-5-9-13-21)25-19-14-16-23(17-15-19)18-24-23/h4-13,19H,14-18H2,1-3H3/t19-,23-. The van der Waals surface area contributed by atoms with Gasteiger partial charge in [0, 0.05) is 6.10 Å². The molecule has 0 N–H and O–H groups in total. The van der Waals surface area contributed by atoms with E-state index in [1.807, 2.05) is 0 Å². The highest BCUT2D eigenvalue weighted by Crippen LogP contribution is 2.45. The highest BCUT2D eigenvalue weighted by atomic mass is 28.4. The summed E-state index contributed by atoms with van der Waals surface area (Å²) < 4.78 is 12.9. The second-order valence-corrected chi connectivity index (χ2v) is 13.2. The molecule has 2 nitrogen and oxygen atoms in total. The van der Waals surface area contributed by atoms with E-state index in [9.17, 15) is 0 Å². The number of hydrogen-bond donors (Lipinski definition) is 0. The maximum absolute atomic E-state index is 7.22. The summed E-state index contributed by atoms with van der Waals surface area (Å²) in [5.74, 6) is 0. The summed E-state index contributed by atoms with van der Waals surface area (Å²) in [6, 6.07) is 21.9. The zero-order valence-electron chi connectivity index (χ0n) is 16.2. The van der Waals surface area contributed by atoms with Crippen LogP contribution < -0.4 is 10.4 Å². The molecule has 138 valence electrons. The van der Waals surface area contributed by atoms with Gasteiger partial charge in [-0.05, 0) is 41.1 Å². The normalized spacial score (nSPS) is 26.0. The molecule has 2 aliphatic rings. The lowest BCUT2D eigenvalue weighted by molar-refractivity contribution is 0.103. The molecule has 0 amide bonds. The Morgan fingerprint density at radius 1 is 0.885 bits per heavy atom. The van der Waals surface area contributed by atoms with Gasteiger partial charge in [0.15, 0.2) is 0 Å². The van der Waals surface area contributed by atoms with E-state index in [0.29, 0.717) is 6.10 Å². The van der Waals surface area contributed by atoms with Gasteiger partial charge in [-0.25, -0.2) is 0 Å². The van der Waals surface area contributed by atoms with Crippen LogP contribution in [0.2, 0.25) is 5.04 Å². The fraction of sp³-hybridized carbons (Fsp3) is 0.478. The van der Waals surface area contributed by atoms with Gasteiger partial charge in [-0.1, -0.05) is 81.4 Å². The summed E-state index contributed by atoms with van der Waals surface area (Å²) in [7, 11) is -2.40. The fourth-order valence-electron chi connectivity index (χ4n) is 4.57. The summed E-state index contributed by atoms with van der Waals surface area (Å²) in [5.41, 5.74) is 0.214. The average Bonchev–Trinajstić information content (AvgIpc) is 3.41. The van der Waals surface area contributed by atoms with Gasteiger partial charge in [0.2, 0.25) is 0 Å². The Morgan fingerprint density at radius 2 is 1.35 bits per heavy atom. The number of ether oxygens (including phenoxy) is 1. The SMILES string of the molecule is CC(C)(C)[Si](O[C@H]1CC[C@]2(CC1)CO2)(c1ccccc1)c1ccccc1. The molecule has 0 radical (unpaired) electrons. The third-order valence-electron chi connectivity index (χ3n) is 6.16. The Bertz CT molecular complexity index is 682. The molecule has 26 heavy (non-hydrogen) atoms. The monoisotopic (exact) mass is 366 g/mol. The molecular weight excluding hydrogens is 336 g/mol. The summed E-state index contributed by atoms with van der Waals surface area (Å²) in [6.45, 7) is 8.02. The van der Waals surface area contributed by atoms with Crippen LogP contribution in [0.15, 0.2) is 60.7 Å². The maximum atomic E-state index is 7.22. The highest BCUT2D eigenvalue weighted by Gasteiger charge is 2.53. The van der Waals surface area contributed by atoms with Gasteiger partial charge in [-0.3, -0.25) is 0 Å². The minimum absolute atomic E-state index is 0.0565. The lowest BCUT2D eigenvalue weighted by atomic mass is 9.88. The Hall–Kier alpha value is -1.42. The molecule has 2 fully saturated rings. The zero-order valence-corrected chi connectivity index (χ0v) is 17.2. The van der Waals surface area contributed by atoms with Crippen molar-refractivity contribution >= 4 is 18.7 Å². The smallest absolute Gasteiger partial charge is 0.261 e.